The van der Waals surface area contributed by atoms with E-state index in [0.717, 1.165) is 19.3 Å². The van der Waals surface area contributed by atoms with Crippen molar-refractivity contribution in [2.45, 2.75) is 40.0 Å². The molecule has 0 amide bonds. The summed E-state index contributed by atoms with van der Waals surface area (Å²) in [5, 5.41) is 0. The largest absolute Gasteiger partial charge is 0.465 e. The summed E-state index contributed by atoms with van der Waals surface area (Å²) in [6, 6.07) is 0. The Hall–Kier alpha value is -0.240. The Morgan fingerprint density at radius 1 is 1.23 bits per heavy atom. The third kappa shape index (κ3) is 6.88. The molecular formula is C10H19ClO2. The number of hydrogen-bond donors (Lipinski definition) is 0. The van der Waals surface area contributed by atoms with Crippen LogP contribution in [0.2, 0.25) is 0 Å². The maximum Gasteiger partial charge on any atom is 0.311 e. The van der Waals surface area contributed by atoms with E-state index in [4.69, 9.17) is 16.3 Å². The van der Waals surface area contributed by atoms with E-state index < -0.39 is 0 Å². The molecule has 0 atom stereocenters. The highest BCUT2D eigenvalue weighted by atomic mass is 35.5. The predicted molar refractivity (Wildman–Crippen MR) is 55.0 cm³/mol. The van der Waals surface area contributed by atoms with Crippen LogP contribution in [0.25, 0.3) is 0 Å². The van der Waals surface area contributed by atoms with Gasteiger partial charge in [0.2, 0.25) is 0 Å². The van der Waals surface area contributed by atoms with Gasteiger partial charge in [-0.25, -0.2) is 0 Å². The standard InChI is InChI=1S/C10H19ClO2/c1-10(2,3)9(12)13-8-6-4-5-7-11/h4-8H2,1-3H3. The van der Waals surface area contributed by atoms with Gasteiger partial charge in [0.05, 0.1) is 12.0 Å². The lowest BCUT2D eigenvalue weighted by molar-refractivity contribution is -0.153. The fraction of sp³-hybridized carbons (Fsp3) is 0.900. The zero-order valence-corrected chi connectivity index (χ0v) is 9.49. The monoisotopic (exact) mass is 206 g/mol. The molecular weight excluding hydrogens is 188 g/mol. The summed E-state index contributed by atoms with van der Waals surface area (Å²) in [5.74, 6) is 0.561. The SMILES string of the molecule is CC(C)(C)C(=O)OCCCCCCl. The van der Waals surface area contributed by atoms with E-state index in [9.17, 15) is 4.79 Å². The van der Waals surface area contributed by atoms with Crippen molar-refractivity contribution < 1.29 is 9.53 Å². The summed E-state index contributed by atoms with van der Waals surface area (Å²) in [7, 11) is 0. The van der Waals surface area contributed by atoms with Gasteiger partial charge in [0.15, 0.2) is 0 Å². The van der Waals surface area contributed by atoms with E-state index in [1.807, 2.05) is 20.8 Å². The predicted octanol–water partition coefficient (Wildman–Crippen LogP) is 2.98. The first-order valence-electron chi connectivity index (χ1n) is 4.71. The minimum atomic E-state index is -0.382. The lowest BCUT2D eigenvalue weighted by atomic mass is 9.97. The normalized spacial score (nSPS) is 11.4. The molecule has 0 aromatic carbocycles. The van der Waals surface area contributed by atoms with E-state index in [2.05, 4.69) is 0 Å². The Morgan fingerprint density at radius 2 is 1.85 bits per heavy atom. The molecule has 0 radical (unpaired) electrons. The van der Waals surface area contributed by atoms with Gasteiger partial charge in [-0.1, -0.05) is 0 Å². The van der Waals surface area contributed by atoms with Crippen LogP contribution in [0.1, 0.15) is 40.0 Å². The lowest BCUT2D eigenvalue weighted by Gasteiger charge is -2.16. The molecule has 2 nitrogen and oxygen atoms in total. The second-order valence-corrected chi connectivity index (χ2v) is 4.51. The Kier molecular flexibility index (Phi) is 6.13. The number of carbonyl (C=O) groups excluding carboxylic acids is 1. The van der Waals surface area contributed by atoms with Crippen LogP contribution in [-0.4, -0.2) is 18.5 Å². The third-order valence-corrected chi connectivity index (χ3v) is 1.89. The number of rotatable bonds is 5. The maximum atomic E-state index is 11.2. The van der Waals surface area contributed by atoms with Crippen molar-refractivity contribution >= 4 is 17.6 Å². The summed E-state index contributed by atoms with van der Waals surface area (Å²) < 4.78 is 5.07. The number of alkyl halides is 1. The van der Waals surface area contributed by atoms with Gasteiger partial charge in [0.25, 0.3) is 0 Å². The quantitative estimate of drug-likeness (QED) is 0.393. The van der Waals surface area contributed by atoms with Gasteiger partial charge < -0.3 is 4.74 Å². The molecule has 0 fully saturated rings. The molecule has 13 heavy (non-hydrogen) atoms. The molecule has 0 heterocycles. The molecule has 0 spiro atoms. The van der Waals surface area contributed by atoms with Crippen LogP contribution in [0.3, 0.4) is 0 Å². The number of ether oxygens (including phenoxy) is 1. The smallest absolute Gasteiger partial charge is 0.311 e. The first-order valence-corrected chi connectivity index (χ1v) is 5.25. The lowest BCUT2D eigenvalue weighted by Crippen LogP contribution is -2.23. The third-order valence-electron chi connectivity index (χ3n) is 1.62. The first-order chi connectivity index (χ1) is 5.98. The molecule has 0 saturated heterocycles. The average molecular weight is 207 g/mol. The van der Waals surface area contributed by atoms with Crippen LogP contribution >= 0.6 is 11.6 Å². The van der Waals surface area contributed by atoms with Crippen molar-refractivity contribution in [3.05, 3.63) is 0 Å². The van der Waals surface area contributed by atoms with Crippen LogP contribution < -0.4 is 0 Å². The molecule has 0 rings (SSSR count). The van der Waals surface area contributed by atoms with Crippen molar-refractivity contribution in [2.24, 2.45) is 5.41 Å². The van der Waals surface area contributed by atoms with Crippen molar-refractivity contribution in [1.82, 2.24) is 0 Å². The molecule has 78 valence electrons. The maximum absolute atomic E-state index is 11.2. The molecule has 0 bridgehead atoms. The van der Waals surface area contributed by atoms with E-state index in [1.165, 1.54) is 0 Å². The van der Waals surface area contributed by atoms with Crippen LogP contribution in [-0.2, 0) is 9.53 Å². The average Bonchev–Trinajstić information content (AvgIpc) is 2.02. The number of hydrogen-bond acceptors (Lipinski definition) is 2. The number of carbonyl (C=O) groups is 1. The molecule has 0 aromatic rings. The Balaban J connectivity index is 3.38. The topological polar surface area (TPSA) is 26.3 Å². The van der Waals surface area contributed by atoms with Gasteiger partial charge >= 0.3 is 5.97 Å². The Bertz CT molecular complexity index is 149. The van der Waals surface area contributed by atoms with Crippen LogP contribution in [0.5, 0.6) is 0 Å². The van der Waals surface area contributed by atoms with E-state index in [0.29, 0.717) is 12.5 Å². The van der Waals surface area contributed by atoms with Crippen LogP contribution in [0, 0.1) is 5.41 Å². The van der Waals surface area contributed by atoms with Crippen molar-refractivity contribution in [2.75, 3.05) is 12.5 Å². The second kappa shape index (κ2) is 6.25. The van der Waals surface area contributed by atoms with Crippen molar-refractivity contribution in [3.8, 4) is 0 Å². The van der Waals surface area contributed by atoms with Gasteiger partial charge in [-0.15, -0.1) is 11.6 Å². The zero-order chi connectivity index (χ0) is 10.3. The fourth-order valence-corrected chi connectivity index (χ4v) is 0.944. The van der Waals surface area contributed by atoms with Crippen molar-refractivity contribution in [1.29, 1.82) is 0 Å². The van der Waals surface area contributed by atoms with Gasteiger partial charge in [0, 0.05) is 5.88 Å². The van der Waals surface area contributed by atoms with Gasteiger partial charge in [-0.05, 0) is 40.0 Å². The minimum absolute atomic E-state index is 0.127. The van der Waals surface area contributed by atoms with Crippen LogP contribution in [0.4, 0.5) is 0 Å². The number of esters is 1. The minimum Gasteiger partial charge on any atom is -0.465 e. The highest BCUT2D eigenvalue weighted by molar-refractivity contribution is 6.17. The molecule has 0 saturated carbocycles. The Morgan fingerprint density at radius 3 is 2.31 bits per heavy atom. The molecule has 0 aromatic heterocycles. The summed E-state index contributed by atoms with van der Waals surface area (Å²) in [4.78, 5) is 11.2. The van der Waals surface area contributed by atoms with Crippen LogP contribution in [0.15, 0.2) is 0 Å². The highest BCUT2D eigenvalue weighted by Gasteiger charge is 2.22. The summed E-state index contributed by atoms with van der Waals surface area (Å²) >= 11 is 5.51. The van der Waals surface area contributed by atoms with Gasteiger partial charge in [-0.3, -0.25) is 4.79 Å². The van der Waals surface area contributed by atoms with E-state index >= 15 is 0 Å². The fourth-order valence-electron chi connectivity index (χ4n) is 0.755. The van der Waals surface area contributed by atoms with Crippen molar-refractivity contribution in [3.63, 3.8) is 0 Å². The second-order valence-electron chi connectivity index (χ2n) is 4.14. The van der Waals surface area contributed by atoms with Gasteiger partial charge in [0.1, 0.15) is 0 Å². The zero-order valence-electron chi connectivity index (χ0n) is 8.73. The molecule has 3 heteroatoms. The summed E-state index contributed by atoms with van der Waals surface area (Å²) in [6.07, 6.45) is 2.93. The molecule has 0 unspecified atom stereocenters. The van der Waals surface area contributed by atoms with E-state index in [-0.39, 0.29) is 11.4 Å². The summed E-state index contributed by atoms with van der Waals surface area (Å²) in [5.41, 5.74) is -0.382. The Labute approximate surface area is 85.6 Å². The summed E-state index contributed by atoms with van der Waals surface area (Å²) in [6.45, 7) is 6.09. The number of unbranched alkanes of at least 4 members (excludes halogenated alkanes) is 2. The highest BCUT2D eigenvalue weighted by Crippen LogP contribution is 2.15. The molecule has 0 N–H and O–H groups in total. The molecule has 0 aliphatic heterocycles. The first kappa shape index (κ1) is 12.8. The van der Waals surface area contributed by atoms with E-state index in [1.54, 1.807) is 0 Å². The molecule has 0 aliphatic carbocycles. The molecule has 0 aliphatic rings. The van der Waals surface area contributed by atoms with Gasteiger partial charge in [-0.2, -0.15) is 0 Å². The number of halogens is 1.